The Morgan fingerprint density at radius 2 is 1.59 bits per heavy atom. The van der Waals surface area contributed by atoms with E-state index < -0.39 is 0 Å². The summed E-state index contributed by atoms with van der Waals surface area (Å²) in [4.78, 5) is 26.6. The monoisotopic (exact) mass is 365 g/mol. The lowest BCUT2D eigenvalue weighted by molar-refractivity contribution is 0.102. The Kier molecular flexibility index (Phi) is 4.68. The van der Waals surface area contributed by atoms with Crippen molar-refractivity contribution in [1.82, 2.24) is 14.9 Å². The summed E-state index contributed by atoms with van der Waals surface area (Å²) in [6.45, 7) is 3.35. The van der Waals surface area contributed by atoms with Gasteiger partial charge < -0.3 is 15.1 Å². The normalized spacial score (nSPS) is 15.1. The van der Waals surface area contributed by atoms with Gasteiger partial charge in [0.2, 0.25) is 0 Å². The van der Waals surface area contributed by atoms with Crippen molar-refractivity contribution in [3.05, 3.63) is 60.0 Å². The van der Waals surface area contributed by atoms with Crippen molar-refractivity contribution in [2.75, 3.05) is 43.4 Å². The van der Waals surface area contributed by atoms with Crippen molar-refractivity contribution in [2.24, 2.45) is 0 Å². The summed E-state index contributed by atoms with van der Waals surface area (Å²) in [6, 6.07) is 13.2. The van der Waals surface area contributed by atoms with Crippen molar-refractivity contribution in [2.45, 2.75) is 0 Å². The average Bonchev–Trinajstić information content (AvgIpc) is 2.69. The van der Waals surface area contributed by atoms with Gasteiger partial charge in [-0.1, -0.05) is 12.1 Å². The van der Waals surface area contributed by atoms with Crippen LogP contribution in [0.5, 0.6) is 0 Å². The van der Waals surface area contributed by atoms with Crippen LogP contribution in [0.15, 0.2) is 48.5 Å². The number of hydrogen-bond acceptors (Lipinski definition) is 5. The van der Waals surface area contributed by atoms with Crippen LogP contribution in [0.3, 0.4) is 0 Å². The molecule has 4 rings (SSSR count). The van der Waals surface area contributed by atoms with Gasteiger partial charge in [-0.15, -0.1) is 0 Å². The summed E-state index contributed by atoms with van der Waals surface area (Å²) in [5, 5.41) is 2.79. The summed E-state index contributed by atoms with van der Waals surface area (Å²) in [5.41, 5.74) is 2.22. The minimum Gasteiger partial charge on any atom is -0.352 e. The summed E-state index contributed by atoms with van der Waals surface area (Å²) in [7, 11) is 2.07. The van der Waals surface area contributed by atoms with Crippen LogP contribution in [0.4, 0.5) is 15.9 Å². The number of amides is 1. The van der Waals surface area contributed by atoms with Crippen LogP contribution in [0.2, 0.25) is 0 Å². The number of likely N-dealkylation sites (N-methyl/N-ethyl adjacent to an activating group) is 1. The van der Waals surface area contributed by atoms with Crippen LogP contribution in [0.1, 0.15) is 10.5 Å². The van der Waals surface area contributed by atoms with E-state index in [1.54, 1.807) is 0 Å². The molecule has 0 radical (unpaired) electrons. The molecular formula is C20H20FN5O. The molecule has 2 aromatic carbocycles. The zero-order valence-corrected chi connectivity index (χ0v) is 15.0. The van der Waals surface area contributed by atoms with Gasteiger partial charge in [0.1, 0.15) is 5.82 Å². The topological polar surface area (TPSA) is 61.4 Å². The van der Waals surface area contributed by atoms with E-state index in [1.807, 2.05) is 24.3 Å². The van der Waals surface area contributed by atoms with E-state index in [1.165, 1.54) is 24.3 Å². The molecule has 2 heterocycles. The van der Waals surface area contributed by atoms with Gasteiger partial charge in [0.25, 0.3) is 5.91 Å². The predicted molar refractivity (Wildman–Crippen MR) is 104 cm³/mol. The first-order valence-corrected chi connectivity index (χ1v) is 8.87. The maximum Gasteiger partial charge on any atom is 0.278 e. The Morgan fingerprint density at radius 3 is 2.26 bits per heavy atom. The number of hydrogen-bond donors (Lipinski definition) is 1. The molecule has 1 aliphatic heterocycles. The van der Waals surface area contributed by atoms with Crippen LogP contribution in [-0.4, -0.2) is 54.0 Å². The van der Waals surface area contributed by atoms with Crippen molar-refractivity contribution in [1.29, 1.82) is 0 Å². The van der Waals surface area contributed by atoms with Gasteiger partial charge in [-0.3, -0.25) is 4.79 Å². The van der Waals surface area contributed by atoms with E-state index >= 15 is 0 Å². The van der Waals surface area contributed by atoms with Gasteiger partial charge in [0.05, 0.1) is 11.0 Å². The van der Waals surface area contributed by atoms with E-state index in [2.05, 4.69) is 27.1 Å². The molecule has 0 atom stereocenters. The van der Waals surface area contributed by atoms with Crippen molar-refractivity contribution in [3.8, 4) is 0 Å². The summed E-state index contributed by atoms with van der Waals surface area (Å²) in [6.07, 6.45) is 0. The van der Waals surface area contributed by atoms with E-state index in [0.29, 0.717) is 17.0 Å². The second-order valence-electron chi connectivity index (χ2n) is 6.64. The molecular weight excluding hydrogens is 345 g/mol. The average molecular weight is 365 g/mol. The second kappa shape index (κ2) is 7.28. The Labute approximate surface area is 156 Å². The van der Waals surface area contributed by atoms with Crippen molar-refractivity contribution < 1.29 is 9.18 Å². The number of nitrogens with zero attached hydrogens (tertiary/aromatic N) is 4. The van der Waals surface area contributed by atoms with E-state index in [4.69, 9.17) is 4.98 Å². The number of carbonyl (C=O) groups excluding carboxylic acids is 1. The molecule has 0 bridgehead atoms. The largest absolute Gasteiger partial charge is 0.352 e. The van der Waals surface area contributed by atoms with E-state index in [0.717, 1.165) is 31.7 Å². The molecule has 1 fully saturated rings. The third-order valence-electron chi connectivity index (χ3n) is 4.67. The summed E-state index contributed by atoms with van der Waals surface area (Å²) < 4.78 is 13.1. The molecule has 138 valence electrons. The first-order chi connectivity index (χ1) is 13.1. The molecule has 1 aromatic heterocycles. The molecule has 6 nitrogen and oxygen atoms in total. The maximum absolute atomic E-state index is 13.1. The summed E-state index contributed by atoms with van der Waals surface area (Å²) >= 11 is 0. The van der Waals surface area contributed by atoms with Crippen LogP contribution >= 0.6 is 0 Å². The third kappa shape index (κ3) is 3.73. The SMILES string of the molecule is CN1CCN(c2nc3ccccc3nc2C(=O)Nc2ccc(F)cc2)CC1. The quantitative estimate of drug-likeness (QED) is 0.773. The fourth-order valence-electron chi connectivity index (χ4n) is 3.11. The van der Waals surface area contributed by atoms with Gasteiger partial charge in [-0.05, 0) is 43.4 Å². The molecule has 7 heteroatoms. The third-order valence-corrected chi connectivity index (χ3v) is 4.67. The molecule has 0 saturated carbocycles. The Hall–Kier alpha value is -3.06. The van der Waals surface area contributed by atoms with Crippen LogP contribution in [-0.2, 0) is 0 Å². The zero-order valence-electron chi connectivity index (χ0n) is 15.0. The number of piperazine rings is 1. The Morgan fingerprint density at radius 1 is 0.963 bits per heavy atom. The van der Waals surface area contributed by atoms with Crippen molar-refractivity contribution >= 4 is 28.4 Å². The molecule has 1 aliphatic rings. The molecule has 0 unspecified atom stereocenters. The molecule has 3 aromatic rings. The Balaban J connectivity index is 1.71. The van der Waals surface area contributed by atoms with E-state index in [9.17, 15) is 9.18 Å². The number of fused-ring (bicyclic) bond motifs is 1. The fourth-order valence-corrected chi connectivity index (χ4v) is 3.11. The lowest BCUT2D eigenvalue weighted by atomic mass is 10.2. The number of halogens is 1. The molecule has 0 spiro atoms. The number of anilines is 2. The smallest absolute Gasteiger partial charge is 0.278 e. The number of carbonyl (C=O) groups is 1. The van der Waals surface area contributed by atoms with Crippen LogP contribution in [0.25, 0.3) is 11.0 Å². The highest BCUT2D eigenvalue weighted by molar-refractivity contribution is 6.07. The summed E-state index contributed by atoms with van der Waals surface area (Å²) in [5.74, 6) is -0.119. The van der Waals surface area contributed by atoms with Gasteiger partial charge in [0.15, 0.2) is 11.5 Å². The number of aromatic nitrogens is 2. The van der Waals surface area contributed by atoms with Gasteiger partial charge in [-0.2, -0.15) is 0 Å². The predicted octanol–water partition coefficient (Wildman–Crippen LogP) is 2.77. The highest BCUT2D eigenvalue weighted by atomic mass is 19.1. The lowest BCUT2D eigenvalue weighted by Crippen LogP contribution is -2.45. The van der Waals surface area contributed by atoms with Crippen LogP contribution in [0, 0.1) is 5.82 Å². The molecule has 1 amide bonds. The molecule has 1 N–H and O–H groups in total. The van der Waals surface area contributed by atoms with Gasteiger partial charge in [0, 0.05) is 31.9 Å². The first-order valence-electron chi connectivity index (χ1n) is 8.87. The maximum atomic E-state index is 13.1. The minimum atomic E-state index is -0.353. The molecule has 1 saturated heterocycles. The standard InChI is InChI=1S/C20H20FN5O/c1-25-10-12-26(13-11-25)19-18(23-16-4-2-3-5-17(16)24-19)20(27)22-15-8-6-14(21)7-9-15/h2-9H,10-13H2,1H3,(H,22,27). The lowest BCUT2D eigenvalue weighted by Gasteiger charge is -2.33. The fraction of sp³-hybridized carbons (Fsp3) is 0.250. The van der Waals surface area contributed by atoms with Gasteiger partial charge >= 0.3 is 0 Å². The van der Waals surface area contributed by atoms with Crippen LogP contribution < -0.4 is 10.2 Å². The number of para-hydroxylation sites is 2. The van der Waals surface area contributed by atoms with Crippen molar-refractivity contribution in [3.63, 3.8) is 0 Å². The molecule has 0 aliphatic carbocycles. The Bertz CT molecular complexity index is 968. The minimum absolute atomic E-state index is 0.280. The number of benzene rings is 2. The van der Waals surface area contributed by atoms with E-state index in [-0.39, 0.29) is 17.4 Å². The van der Waals surface area contributed by atoms with Gasteiger partial charge in [-0.25, -0.2) is 14.4 Å². The highest BCUT2D eigenvalue weighted by Crippen LogP contribution is 2.23. The number of rotatable bonds is 3. The zero-order chi connectivity index (χ0) is 18.8. The highest BCUT2D eigenvalue weighted by Gasteiger charge is 2.24. The first kappa shape index (κ1) is 17.4. The number of nitrogens with one attached hydrogen (secondary N) is 1. The molecule has 27 heavy (non-hydrogen) atoms. The second-order valence-corrected chi connectivity index (χ2v) is 6.64.